The summed E-state index contributed by atoms with van der Waals surface area (Å²) >= 11 is 12.9. The van der Waals surface area contributed by atoms with E-state index < -0.39 is 34.3 Å². The third-order valence-corrected chi connectivity index (χ3v) is 9.10. The van der Waals surface area contributed by atoms with Crippen molar-refractivity contribution in [2.24, 2.45) is 0 Å². The first-order valence-electron chi connectivity index (χ1n) is 13.3. The second-order valence-corrected chi connectivity index (χ2v) is 12.3. The van der Waals surface area contributed by atoms with Gasteiger partial charge in [0.05, 0.1) is 10.6 Å². The summed E-state index contributed by atoms with van der Waals surface area (Å²) in [6, 6.07) is 15.0. The molecule has 0 spiro atoms. The maximum absolute atomic E-state index is 14.1. The lowest BCUT2D eigenvalue weighted by Crippen LogP contribution is -2.52. The molecule has 0 saturated heterocycles. The molecule has 2 amide bonds. The van der Waals surface area contributed by atoms with E-state index in [4.69, 9.17) is 23.2 Å². The standard InChI is InChI=1S/C30H34Cl2FN3O4S/c1-4-6-18-34-30(38)28(5-2)35(19-25-26(31)8-7-9-27(25)32)29(37)20-36(23-14-10-21(3)11-15-23)41(39,40)24-16-12-22(33)13-17-24/h7-17,28H,4-6,18-20H2,1-3H3,(H,34,38)/t28-/m0/s1. The second-order valence-electron chi connectivity index (χ2n) is 9.59. The molecule has 0 aliphatic carbocycles. The average Bonchev–Trinajstić information content (AvgIpc) is 2.94. The fourth-order valence-corrected chi connectivity index (χ4v) is 6.18. The normalized spacial score (nSPS) is 12.0. The van der Waals surface area contributed by atoms with E-state index in [-0.39, 0.29) is 29.5 Å². The smallest absolute Gasteiger partial charge is 0.264 e. The van der Waals surface area contributed by atoms with Crippen LogP contribution in [0.3, 0.4) is 0 Å². The summed E-state index contributed by atoms with van der Waals surface area (Å²) < 4.78 is 42.2. The number of anilines is 1. The van der Waals surface area contributed by atoms with E-state index in [2.05, 4.69) is 5.32 Å². The zero-order chi connectivity index (χ0) is 30.2. The zero-order valence-electron chi connectivity index (χ0n) is 23.2. The Kier molecular flexibility index (Phi) is 11.6. The molecule has 0 aliphatic heterocycles. The van der Waals surface area contributed by atoms with Crippen molar-refractivity contribution in [3.05, 3.63) is 93.7 Å². The number of hydrogen-bond acceptors (Lipinski definition) is 4. The highest BCUT2D eigenvalue weighted by atomic mass is 35.5. The number of unbranched alkanes of at least 4 members (excludes halogenated alkanes) is 1. The molecule has 3 aromatic rings. The number of carbonyl (C=O) groups is 2. The van der Waals surface area contributed by atoms with E-state index in [9.17, 15) is 22.4 Å². The second kappa shape index (κ2) is 14.7. The van der Waals surface area contributed by atoms with Crippen molar-refractivity contribution in [1.82, 2.24) is 10.2 Å². The minimum absolute atomic E-state index is 0.116. The number of halogens is 3. The maximum atomic E-state index is 14.1. The van der Waals surface area contributed by atoms with Crippen LogP contribution in [0.2, 0.25) is 10.0 Å². The summed E-state index contributed by atoms with van der Waals surface area (Å²) in [6.07, 6.45) is 1.91. The van der Waals surface area contributed by atoms with Gasteiger partial charge in [0.25, 0.3) is 10.0 Å². The quantitative estimate of drug-likeness (QED) is 0.225. The summed E-state index contributed by atoms with van der Waals surface area (Å²) in [5.74, 6) is -1.59. The first kappa shape index (κ1) is 32.4. The van der Waals surface area contributed by atoms with Gasteiger partial charge in [0.15, 0.2) is 0 Å². The van der Waals surface area contributed by atoms with Gasteiger partial charge in [0.1, 0.15) is 18.4 Å². The molecule has 0 unspecified atom stereocenters. The molecule has 41 heavy (non-hydrogen) atoms. The Balaban J connectivity index is 2.07. The minimum Gasteiger partial charge on any atom is -0.354 e. The molecule has 0 fully saturated rings. The molecule has 0 radical (unpaired) electrons. The van der Waals surface area contributed by atoms with Gasteiger partial charge >= 0.3 is 0 Å². The predicted octanol–water partition coefficient (Wildman–Crippen LogP) is 6.36. The summed E-state index contributed by atoms with van der Waals surface area (Å²) in [7, 11) is -4.31. The number of nitrogens with one attached hydrogen (secondary N) is 1. The van der Waals surface area contributed by atoms with Gasteiger partial charge in [-0.3, -0.25) is 13.9 Å². The van der Waals surface area contributed by atoms with Crippen LogP contribution in [0.15, 0.2) is 71.6 Å². The van der Waals surface area contributed by atoms with E-state index in [0.29, 0.717) is 22.2 Å². The van der Waals surface area contributed by atoms with E-state index in [1.54, 1.807) is 49.4 Å². The number of aryl methyl sites for hydroxylation is 1. The van der Waals surface area contributed by atoms with Crippen molar-refractivity contribution < 1.29 is 22.4 Å². The largest absolute Gasteiger partial charge is 0.354 e. The number of amides is 2. The van der Waals surface area contributed by atoms with Crippen LogP contribution >= 0.6 is 23.2 Å². The van der Waals surface area contributed by atoms with Crippen LogP contribution < -0.4 is 9.62 Å². The molecule has 0 saturated carbocycles. The topological polar surface area (TPSA) is 86.8 Å². The average molecular weight is 623 g/mol. The number of rotatable bonds is 13. The lowest BCUT2D eigenvalue weighted by Gasteiger charge is -2.33. The Bertz CT molecular complexity index is 1430. The maximum Gasteiger partial charge on any atom is 0.264 e. The van der Waals surface area contributed by atoms with E-state index in [1.165, 1.54) is 4.90 Å². The highest BCUT2D eigenvalue weighted by Gasteiger charge is 2.34. The Hall–Kier alpha value is -3.14. The van der Waals surface area contributed by atoms with Crippen LogP contribution in [-0.2, 0) is 26.2 Å². The molecular weight excluding hydrogens is 588 g/mol. The summed E-state index contributed by atoms with van der Waals surface area (Å²) in [6.45, 7) is 5.32. The fourth-order valence-electron chi connectivity index (χ4n) is 4.25. The predicted molar refractivity (Wildman–Crippen MR) is 161 cm³/mol. The minimum atomic E-state index is -4.31. The van der Waals surface area contributed by atoms with Crippen molar-refractivity contribution in [3.63, 3.8) is 0 Å². The first-order valence-corrected chi connectivity index (χ1v) is 15.5. The van der Waals surface area contributed by atoms with Crippen LogP contribution in [0, 0.1) is 12.7 Å². The number of carbonyl (C=O) groups excluding carboxylic acids is 2. The van der Waals surface area contributed by atoms with Crippen molar-refractivity contribution in [1.29, 1.82) is 0 Å². The van der Waals surface area contributed by atoms with Gasteiger partial charge in [-0.15, -0.1) is 0 Å². The molecule has 0 aromatic heterocycles. The van der Waals surface area contributed by atoms with Gasteiger partial charge < -0.3 is 10.2 Å². The number of sulfonamides is 1. The van der Waals surface area contributed by atoms with Crippen molar-refractivity contribution in [3.8, 4) is 0 Å². The van der Waals surface area contributed by atoms with Crippen LogP contribution in [0.1, 0.15) is 44.2 Å². The molecule has 1 atom stereocenters. The van der Waals surface area contributed by atoms with Gasteiger partial charge in [-0.25, -0.2) is 12.8 Å². The highest BCUT2D eigenvalue weighted by Crippen LogP contribution is 2.29. The van der Waals surface area contributed by atoms with Crippen LogP contribution in [0.4, 0.5) is 10.1 Å². The molecule has 1 N–H and O–H groups in total. The highest BCUT2D eigenvalue weighted by molar-refractivity contribution is 7.92. The molecule has 7 nitrogen and oxygen atoms in total. The third kappa shape index (κ3) is 8.21. The Morgan fingerprint density at radius 2 is 1.56 bits per heavy atom. The Morgan fingerprint density at radius 3 is 2.12 bits per heavy atom. The number of benzene rings is 3. The molecule has 0 bridgehead atoms. The van der Waals surface area contributed by atoms with Gasteiger partial charge in [-0.2, -0.15) is 0 Å². The molecule has 3 aromatic carbocycles. The number of hydrogen-bond donors (Lipinski definition) is 1. The van der Waals surface area contributed by atoms with E-state index >= 15 is 0 Å². The summed E-state index contributed by atoms with van der Waals surface area (Å²) in [5.41, 5.74) is 1.57. The fraction of sp³-hybridized carbons (Fsp3) is 0.333. The Morgan fingerprint density at radius 1 is 0.951 bits per heavy atom. The van der Waals surface area contributed by atoms with E-state index in [1.807, 2.05) is 13.8 Å². The molecule has 0 aliphatic rings. The number of nitrogens with zero attached hydrogens (tertiary/aromatic N) is 2. The van der Waals surface area contributed by atoms with Crippen molar-refractivity contribution in [2.45, 2.75) is 57.5 Å². The van der Waals surface area contributed by atoms with Gasteiger partial charge in [0.2, 0.25) is 11.8 Å². The van der Waals surface area contributed by atoms with Gasteiger partial charge in [-0.1, -0.05) is 67.2 Å². The van der Waals surface area contributed by atoms with Crippen molar-refractivity contribution >= 4 is 50.7 Å². The van der Waals surface area contributed by atoms with Gasteiger partial charge in [-0.05, 0) is 68.3 Å². The molecule has 3 rings (SSSR count). The lowest BCUT2D eigenvalue weighted by molar-refractivity contribution is -0.140. The van der Waals surface area contributed by atoms with Crippen LogP contribution in [0.5, 0.6) is 0 Å². The summed E-state index contributed by atoms with van der Waals surface area (Å²) in [4.78, 5) is 28.5. The van der Waals surface area contributed by atoms with Gasteiger partial charge in [0, 0.05) is 28.7 Å². The van der Waals surface area contributed by atoms with E-state index in [0.717, 1.165) is 47.0 Å². The van der Waals surface area contributed by atoms with Crippen molar-refractivity contribution in [2.75, 3.05) is 17.4 Å². The van der Waals surface area contributed by atoms with Crippen LogP contribution in [-0.4, -0.2) is 44.3 Å². The zero-order valence-corrected chi connectivity index (χ0v) is 25.6. The van der Waals surface area contributed by atoms with Crippen LogP contribution in [0.25, 0.3) is 0 Å². The molecule has 11 heteroatoms. The molecule has 0 heterocycles. The summed E-state index contributed by atoms with van der Waals surface area (Å²) in [5, 5.41) is 3.49. The molecular formula is C30H34Cl2FN3O4S. The monoisotopic (exact) mass is 621 g/mol. The SMILES string of the molecule is CCCCNC(=O)[C@H](CC)N(Cc1c(Cl)cccc1Cl)C(=O)CN(c1ccc(C)cc1)S(=O)(=O)c1ccc(F)cc1. The molecule has 220 valence electrons. The lowest BCUT2D eigenvalue weighted by atomic mass is 10.1. The third-order valence-electron chi connectivity index (χ3n) is 6.61. The Labute approximate surface area is 251 Å². The first-order chi connectivity index (χ1) is 19.5.